The van der Waals surface area contributed by atoms with Gasteiger partial charge in [-0.3, -0.25) is 0 Å². The predicted octanol–water partition coefficient (Wildman–Crippen LogP) is 4.10. The Bertz CT molecular complexity index is 474. The van der Waals surface area contributed by atoms with Gasteiger partial charge in [-0.25, -0.2) is 4.79 Å². The zero-order chi connectivity index (χ0) is 14.1. The molecule has 1 aromatic carbocycles. The molecule has 18 heavy (non-hydrogen) atoms. The van der Waals surface area contributed by atoms with E-state index in [1.165, 1.54) is 19.9 Å². The molecule has 0 radical (unpaired) electrons. The van der Waals surface area contributed by atoms with Gasteiger partial charge in [0.25, 0.3) is 0 Å². The van der Waals surface area contributed by atoms with Gasteiger partial charge in [0.1, 0.15) is 0 Å². The molecular formula is C11H11BrF3NO2. The first kappa shape index (κ1) is 14.8. The number of alkyl halides is 3. The molecule has 1 atom stereocenters. The number of carboxylic acid groups (broad SMARTS) is 1. The smallest absolute Gasteiger partial charge is 0.416 e. The van der Waals surface area contributed by atoms with Crippen LogP contribution in [0.3, 0.4) is 0 Å². The lowest BCUT2D eigenvalue weighted by molar-refractivity contribution is -0.138. The van der Waals surface area contributed by atoms with Gasteiger partial charge in [-0.1, -0.05) is 15.9 Å². The normalized spacial score (nSPS) is 13.2. The molecule has 0 aliphatic carbocycles. The van der Waals surface area contributed by atoms with Gasteiger partial charge in [-0.05, 0) is 37.1 Å². The van der Waals surface area contributed by atoms with E-state index in [1.54, 1.807) is 0 Å². The predicted molar refractivity (Wildman–Crippen MR) is 63.5 cm³/mol. The van der Waals surface area contributed by atoms with Crippen molar-refractivity contribution in [3.63, 3.8) is 0 Å². The maximum atomic E-state index is 12.8. The van der Waals surface area contributed by atoms with Crippen molar-refractivity contribution < 1.29 is 23.1 Å². The second-order valence-electron chi connectivity index (χ2n) is 3.84. The summed E-state index contributed by atoms with van der Waals surface area (Å²) in [5.41, 5.74) is -0.461. The van der Waals surface area contributed by atoms with Crippen LogP contribution in [-0.2, 0) is 6.18 Å². The summed E-state index contributed by atoms with van der Waals surface area (Å²) in [7, 11) is 0. The number of carbonyl (C=O) groups is 1. The molecule has 3 nitrogen and oxygen atoms in total. The van der Waals surface area contributed by atoms with Gasteiger partial charge in [0.15, 0.2) is 0 Å². The first-order valence-electron chi connectivity index (χ1n) is 4.99. The number of amides is 1. The molecule has 1 rings (SSSR count). The third-order valence-electron chi connectivity index (χ3n) is 2.52. The van der Waals surface area contributed by atoms with E-state index in [-0.39, 0.29) is 10.0 Å². The van der Waals surface area contributed by atoms with Gasteiger partial charge in [0.05, 0.1) is 11.6 Å². The highest BCUT2D eigenvalue weighted by atomic mass is 79.9. The van der Waals surface area contributed by atoms with Crippen molar-refractivity contribution in [1.29, 1.82) is 0 Å². The number of rotatable bonds is 2. The molecule has 0 bridgehead atoms. The Morgan fingerprint density at radius 3 is 2.44 bits per heavy atom. The first-order chi connectivity index (χ1) is 8.12. The van der Waals surface area contributed by atoms with Crippen LogP contribution in [0.25, 0.3) is 0 Å². The minimum Gasteiger partial charge on any atom is -0.465 e. The monoisotopic (exact) mass is 325 g/mol. The summed E-state index contributed by atoms with van der Waals surface area (Å²) in [5, 5.41) is 10.7. The average Bonchev–Trinajstić information content (AvgIpc) is 2.18. The van der Waals surface area contributed by atoms with Crippen LogP contribution in [0.1, 0.15) is 29.7 Å². The number of halogens is 4. The van der Waals surface area contributed by atoms with Crippen molar-refractivity contribution >= 4 is 22.0 Å². The fraction of sp³-hybridized carbons (Fsp3) is 0.364. The van der Waals surface area contributed by atoms with Crippen LogP contribution >= 0.6 is 15.9 Å². The highest BCUT2D eigenvalue weighted by Crippen LogP contribution is 2.36. The zero-order valence-electron chi connectivity index (χ0n) is 9.60. The van der Waals surface area contributed by atoms with Gasteiger partial charge in [-0.2, -0.15) is 13.2 Å². The van der Waals surface area contributed by atoms with Gasteiger partial charge in [-0.15, -0.1) is 0 Å². The lowest BCUT2D eigenvalue weighted by Crippen LogP contribution is -2.25. The Labute approximate surface area is 110 Å². The summed E-state index contributed by atoms with van der Waals surface area (Å²) in [6.07, 6.45) is -5.75. The Balaban J connectivity index is 3.29. The number of nitrogens with one attached hydrogen (secondary N) is 1. The standard InChI is InChI=1S/C11H11BrF3NO2/c1-5-8(6(2)16-10(17)18)3-7(12)4-9(5)11(13,14)15/h3-4,6,16H,1-2H3,(H,17,18). The highest BCUT2D eigenvalue weighted by Gasteiger charge is 2.34. The van der Waals surface area contributed by atoms with E-state index in [0.29, 0.717) is 5.56 Å². The molecule has 0 saturated carbocycles. The summed E-state index contributed by atoms with van der Waals surface area (Å²) in [4.78, 5) is 10.5. The molecule has 0 aromatic heterocycles. The SMILES string of the molecule is Cc1c(C(C)NC(=O)O)cc(Br)cc1C(F)(F)F. The van der Waals surface area contributed by atoms with Crippen molar-refractivity contribution in [2.75, 3.05) is 0 Å². The lowest BCUT2D eigenvalue weighted by atomic mass is 9.97. The molecule has 0 spiro atoms. The zero-order valence-corrected chi connectivity index (χ0v) is 11.2. The third-order valence-corrected chi connectivity index (χ3v) is 2.98. The maximum Gasteiger partial charge on any atom is 0.416 e. The molecule has 0 heterocycles. The van der Waals surface area contributed by atoms with Crippen LogP contribution in [0.2, 0.25) is 0 Å². The Hall–Kier alpha value is -1.24. The summed E-state index contributed by atoms with van der Waals surface area (Å²) < 4.78 is 38.6. The van der Waals surface area contributed by atoms with Crippen LogP contribution in [0.4, 0.5) is 18.0 Å². The maximum absolute atomic E-state index is 12.8. The summed E-state index contributed by atoms with van der Waals surface area (Å²) in [6.45, 7) is 2.81. The number of hydrogen-bond acceptors (Lipinski definition) is 1. The molecule has 2 N–H and O–H groups in total. The number of hydrogen-bond donors (Lipinski definition) is 2. The second kappa shape index (κ2) is 5.17. The van der Waals surface area contributed by atoms with E-state index in [0.717, 1.165) is 6.07 Å². The highest BCUT2D eigenvalue weighted by molar-refractivity contribution is 9.10. The molecule has 0 aliphatic heterocycles. The molecule has 0 saturated heterocycles. The molecule has 0 fully saturated rings. The number of benzene rings is 1. The van der Waals surface area contributed by atoms with Gasteiger partial charge >= 0.3 is 12.3 Å². The van der Waals surface area contributed by atoms with Crippen molar-refractivity contribution in [2.45, 2.75) is 26.1 Å². The van der Waals surface area contributed by atoms with E-state index >= 15 is 0 Å². The molecule has 100 valence electrons. The van der Waals surface area contributed by atoms with Gasteiger partial charge in [0.2, 0.25) is 0 Å². The van der Waals surface area contributed by atoms with Crippen molar-refractivity contribution in [3.05, 3.63) is 33.3 Å². The Morgan fingerprint density at radius 2 is 2.00 bits per heavy atom. The average molecular weight is 326 g/mol. The minimum atomic E-state index is -4.47. The summed E-state index contributed by atoms with van der Waals surface area (Å²) in [5.74, 6) is 0. The van der Waals surface area contributed by atoms with Crippen LogP contribution in [0.5, 0.6) is 0 Å². The molecular weight excluding hydrogens is 315 g/mol. The third kappa shape index (κ3) is 3.38. The molecule has 1 unspecified atom stereocenters. The van der Waals surface area contributed by atoms with Crippen LogP contribution in [0.15, 0.2) is 16.6 Å². The minimum absolute atomic E-state index is 0.0203. The molecule has 1 aromatic rings. The fourth-order valence-electron chi connectivity index (χ4n) is 1.71. The van der Waals surface area contributed by atoms with E-state index < -0.39 is 23.9 Å². The Kier molecular flexibility index (Phi) is 4.26. The van der Waals surface area contributed by atoms with E-state index in [1.807, 2.05) is 0 Å². The lowest BCUT2D eigenvalue weighted by Gasteiger charge is -2.19. The fourth-order valence-corrected chi connectivity index (χ4v) is 2.18. The van der Waals surface area contributed by atoms with Crippen molar-refractivity contribution in [1.82, 2.24) is 5.32 Å². The summed E-state index contributed by atoms with van der Waals surface area (Å²) in [6, 6.07) is 1.73. The first-order valence-corrected chi connectivity index (χ1v) is 5.79. The largest absolute Gasteiger partial charge is 0.465 e. The van der Waals surface area contributed by atoms with Crippen LogP contribution in [-0.4, -0.2) is 11.2 Å². The Morgan fingerprint density at radius 1 is 1.44 bits per heavy atom. The topological polar surface area (TPSA) is 49.3 Å². The van der Waals surface area contributed by atoms with Crippen molar-refractivity contribution in [3.8, 4) is 0 Å². The molecule has 1 amide bonds. The molecule has 7 heteroatoms. The quantitative estimate of drug-likeness (QED) is 0.859. The van der Waals surface area contributed by atoms with E-state index in [9.17, 15) is 18.0 Å². The van der Waals surface area contributed by atoms with Gasteiger partial charge < -0.3 is 10.4 Å². The van der Waals surface area contributed by atoms with E-state index in [4.69, 9.17) is 5.11 Å². The van der Waals surface area contributed by atoms with Gasteiger partial charge in [0, 0.05) is 4.47 Å². The van der Waals surface area contributed by atoms with Crippen LogP contribution in [0, 0.1) is 6.92 Å². The van der Waals surface area contributed by atoms with Crippen molar-refractivity contribution in [2.24, 2.45) is 0 Å². The van der Waals surface area contributed by atoms with Crippen LogP contribution < -0.4 is 5.32 Å². The van der Waals surface area contributed by atoms with E-state index in [2.05, 4.69) is 21.2 Å². The summed E-state index contributed by atoms with van der Waals surface area (Å²) >= 11 is 3.00. The second-order valence-corrected chi connectivity index (χ2v) is 4.75. The molecule has 0 aliphatic rings.